The molecule has 26 heavy (non-hydrogen) atoms. The maximum absolute atomic E-state index is 13.9. The molecule has 1 aliphatic rings. The van der Waals surface area contributed by atoms with Gasteiger partial charge in [0.25, 0.3) is 0 Å². The highest BCUT2D eigenvalue weighted by Crippen LogP contribution is 2.25. The Morgan fingerprint density at radius 1 is 1.31 bits per heavy atom. The van der Waals surface area contributed by atoms with Crippen molar-refractivity contribution in [2.45, 2.75) is 51.4 Å². The number of ketones is 1. The monoisotopic (exact) mass is 429 g/mol. The first-order valence-electron chi connectivity index (χ1n) is 8.15. The summed E-state index contributed by atoms with van der Waals surface area (Å²) in [7, 11) is 0. The van der Waals surface area contributed by atoms with Crippen LogP contribution in [0.15, 0.2) is 22.7 Å². The van der Waals surface area contributed by atoms with Crippen molar-refractivity contribution in [1.82, 2.24) is 4.90 Å². The van der Waals surface area contributed by atoms with Crippen molar-refractivity contribution in [3.05, 3.63) is 33.8 Å². The Morgan fingerprint density at radius 3 is 2.54 bits per heavy atom. The van der Waals surface area contributed by atoms with Crippen molar-refractivity contribution >= 4 is 33.8 Å². The summed E-state index contributed by atoms with van der Waals surface area (Å²) in [6.07, 6.45) is -2.21. The van der Waals surface area contributed by atoms with Gasteiger partial charge in [0, 0.05) is 17.3 Å². The molecule has 0 saturated carbocycles. The molecule has 142 valence electrons. The molecule has 0 radical (unpaired) electrons. The van der Waals surface area contributed by atoms with Gasteiger partial charge in [-0.3, -0.25) is 9.69 Å². The number of benzene rings is 1. The van der Waals surface area contributed by atoms with Crippen LogP contribution < -0.4 is 0 Å². The lowest BCUT2D eigenvalue weighted by Gasteiger charge is -2.27. The molecule has 0 spiro atoms. The largest absolute Gasteiger partial charge is 0.478 e. The highest BCUT2D eigenvalue weighted by Gasteiger charge is 2.41. The van der Waals surface area contributed by atoms with E-state index in [9.17, 15) is 18.8 Å². The first-order valence-corrected chi connectivity index (χ1v) is 8.95. The summed E-state index contributed by atoms with van der Waals surface area (Å²) < 4.78 is 19.6. The van der Waals surface area contributed by atoms with E-state index in [0.29, 0.717) is 10.0 Å². The average molecular weight is 430 g/mol. The molecule has 0 unspecified atom stereocenters. The lowest BCUT2D eigenvalue weighted by Crippen LogP contribution is -2.44. The number of amides is 1. The molecule has 2 atom stereocenters. The number of Topliss-reactive ketones (excluding diaryl/α,β-unsaturated/α-hetero) is 1. The van der Waals surface area contributed by atoms with E-state index in [0.717, 1.165) is 4.90 Å². The zero-order valence-corrected chi connectivity index (χ0v) is 16.4. The van der Waals surface area contributed by atoms with E-state index >= 15 is 0 Å². The first kappa shape index (κ1) is 20.4. The van der Waals surface area contributed by atoms with E-state index in [-0.39, 0.29) is 30.7 Å². The van der Waals surface area contributed by atoms with E-state index in [2.05, 4.69) is 15.9 Å². The van der Waals surface area contributed by atoms with Gasteiger partial charge < -0.3 is 9.84 Å². The van der Waals surface area contributed by atoms with Crippen LogP contribution in [-0.4, -0.2) is 52.2 Å². The zero-order valence-electron chi connectivity index (χ0n) is 14.8. The summed E-state index contributed by atoms with van der Waals surface area (Å²) in [5, 5.41) is 9.11. The Labute approximate surface area is 159 Å². The first-order chi connectivity index (χ1) is 12.0. The number of carbonyl (C=O) groups is 3. The molecule has 1 amide bonds. The summed E-state index contributed by atoms with van der Waals surface area (Å²) >= 11 is 3.21. The molecule has 1 aliphatic heterocycles. The Balaban J connectivity index is 2.17. The van der Waals surface area contributed by atoms with E-state index in [1.165, 1.54) is 12.1 Å². The summed E-state index contributed by atoms with van der Waals surface area (Å²) in [5.41, 5.74) is -0.228. The number of carboxylic acids is 1. The Kier molecular flexibility index (Phi) is 6.05. The predicted molar refractivity (Wildman–Crippen MR) is 96.1 cm³/mol. The molecular formula is C18H21BrFNO5. The Hall–Kier alpha value is -1.96. The van der Waals surface area contributed by atoms with Crippen molar-refractivity contribution in [3.63, 3.8) is 0 Å². The molecule has 1 aromatic carbocycles. The number of hydrogen-bond donors (Lipinski definition) is 1. The smallest absolute Gasteiger partial charge is 0.411 e. The lowest BCUT2D eigenvalue weighted by atomic mass is 10.0. The zero-order chi connectivity index (χ0) is 19.6. The topological polar surface area (TPSA) is 83.9 Å². The summed E-state index contributed by atoms with van der Waals surface area (Å²) in [5.74, 6) is -1.47. The maximum atomic E-state index is 13.9. The van der Waals surface area contributed by atoms with E-state index in [1.54, 1.807) is 26.8 Å². The van der Waals surface area contributed by atoms with Crippen LogP contribution in [0.2, 0.25) is 0 Å². The van der Waals surface area contributed by atoms with E-state index < -0.39 is 29.9 Å². The molecule has 1 fully saturated rings. The fraction of sp³-hybridized carbons (Fsp3) is 0.500. The van der Waals surface area contributed by atoms with Crippen LogP contribution in [0.25, 0.3) is 0 Å². The number of aromatic carboxylic acids is 1. The molecule has 8 heteroatoms. The molecule has 0 aromatic heterocycles. The third kappa shape index (κ3) is 5.27. The van der Waals surface area contributed by atoms with Gasteiger partial charge in [-0.15, -0.1) is 0 Å². The van der Waals surface area contributed by atoms with Gasteiger partial charge in [0.2, 0.25) is 0 Å². The van der Waals surface area contributed by atoms with Crippen molar-refractivity contribution in [1.29, 1.82) is 0 Å². The molecule has 0 bridgehead atoms. The van der Waals surface area contributed by atoms with Crippen LogP contribution in [0, 0.1) is 0 Å². The number of hydrogen-bond acceptors (Lipinski definition) is 4. The second-order valence-electron chi connectivity index (χ2n) is 7.28. The molecule has 1 aromatic rings. The minimum Gasteiger partial charge on any atom is -0.478 e. The number of likely N-dealkylation sites (tertiary alicyclic amines) is 1. The second-order valence-corrected chi connectivity index (χ2v) is 8.19. The third-order valence-corrected chi connectivity index (χ3v) is 4.29. The molecule has 1 heterocycles. The maximum Gasteiger partial charge on any atom is 0.411 e. The Morgan fingerprint density at radius 2 is 1.96 bits per heavy atom. The fourth-order valence-electron chi connectivity index (χ4n) is 2.81. The van der Waals surface area contributed by atoms with Gasteiger partial charge in [0.05, 0.1) is 18.2 Å². The van der Waals surface area contributed by atoms with Crippen molar-refractivity contribution in [2.75, 3.05) is 6.54 Å². The number of carbonyl (C=O) groups excluding carboxylic acids is 2. The van der Waals surface area contributed by atoms with Gasteiger partial charge in [-0.05, 0) is 44.5 Å². The summed E-state index contributed by atoms with van der Waals surface area (Å²) in [4.78, 5) is 37.2. The lowest BCUT2D eigenvalue weighted by molar-refractivity contribution is -0.122. The Bertz CT molecular complexity index is 731. The van der Waals surface area contributed by atoms with E-state index in [1.807, 2.05) is 0 Å². The third-order valence-electron chi connectivity index (χ3n) is 3.83. The SMILES string of the molecule is CC(C)(C)OC(=O)N1C[C@H](F)C[C@H]1C(=O)Cc1cc(Br)cc(C(=O)O)c1. The quantitative estimate of drug-likeness (QED) is 0.789. The van der Waals surface area contributed by atoms with Gasteiger partial charge in [-0.2, -0.15) is 0 Å². The van der Waals surface area contributed by atoms with Crippen LogP contribution in [0.3, 0.4) is 0 Å². The van der Waals surface area contributed by atoms with Crippen molar-refractivity contribution in [3.8, 4) is 0 Å². The predicted octanol–water partition coefficient (Wildman–Crippen LogP) is 3.61. The molecule has 1 N–H and O–H groups in total. The molecular weight excluding hydrogens is 409 g/mol. The number of alkyl halides is 1. The highest BCUT2D eigenvalue weighted by molar-refractivity contribution is 9.10. The van der Waals surface area contributed by atoms with Crippen LogP contribution in [0.5, 0.6) is 0 Å². The summed E-state index contributed by atoms with van der Waals surface area (Å²) in [6, 6.07) is 3.53. The number of ether oxygens (including phenoxy) is 1. The number of carboxylic acid groups (broad SMARTS) is 1. The number of nitrogens with zero attached hydrogens (tertiary/aromatic N) is 1. The molecule has 0 aliphatic carbocycles. The van der Waals surface area contributed by atoms with Crippen molar-refractivity contribution in [2.24, 2.45) is 0 Å². The molecule has 6 nitrogen and oxygen atoms in total. The van der Waals surface area contributed by atoms with Gasteiger partial charge in [0.1, 0.15) is 11.8 Å². The van der Waals surface area contributed by atoms with E-state index in [4.69, 9.17) is 9.84 Å². The normalized spacial score (nSPS) is 20.1. The van der Waals surface area contributed by atoms with Gasteiger partial charge in [0.15, 0.2) is 5.78 Å². The standard InChI is InChI=1S/C18H21BrFNO5/c1-18(2,3)26-17(25)21-9-13(20)8-14(21)15(22)6-10-4-11(16(23)24)7-12(19)5-10/h4-5,7,13-14H,6,8-9H2,1-3H3,(H,23,24)/t13-,14+/m1/s1. The van der Waals surface area contributed by atoms with Crippen LogP contribution in [0.4, 0.5) is 9.18 Å². The highest BCUT2D eigenvalue weighted by atomic mass is 79.9. The molecule has 1 saturated heterocycles. The van der Waals surface area contributed by atoms with Crippen LogP contribution in [0.1, 0.15) is 43.1 Å². The number of halogens is 2. The van der Waals surface area contributed by atoms with Crippen molar-refractivity contribution < 1.29 is 28.6 Å². The number of rotatable bonds is 4. The fourth-order valence-corrected chi connectivity index (χ4v) is 3.35. The molecule has 2 rings (SSSR count). The minimum atomic E-state index is -1.30. The van der Waals surface area contributed by atoms with Gasteiger partial charge >= 0.3 is 12.1 Å². The minimum absolute atomic E-state index is 0.0426. The van der Waals surface area contributed by atoms with Crippen LogP contribution in [-0.2, 0) is 16.0 Å². The second kappa shape index (κ2) is 7.73. The van der Waals surface area contributed by atoms with Gasteiger partial charge in [-0.25, -0.2) is 14.0 Å². The summed E-state index contributed by atoms with van der Waals surface area (Å²) in [6.45, 7) is 4.89. The van der Waals surface area contributed by atoms with Crippen LogP contribution >= 0.6 is 15.9 Å². The van der Waals surface area contributed by atoms with Gasteiger partial charge in [-0.1, -0.05) is 15.9 Å². The average Bonchev–Trinajstić information content (AvgIpc) is 2.87.